The molecule has 2 N–H and O–H groups in total. The molecule has 0 bridgehead atoms. The molecule has 0 radical (unpaired) electrons. The summed E-state index contributed by atoms with van der Waals surface area (Å²) in [7, 11) is 0. The maximum Gasteiger partial charge on any atom is 0.130 e. The van der Waals surface area contributed by atoms with Gasteiger partial charge in [-0.1, -0.05) is 44.5 Å². The zero-order valence-electron chi connectivity index (χ0n) is 13.3. The summed E-state index contributed by atoms with van der Waals surface area (Å²) in [6.45, 7) is 9.60. The van der Waals surface area contributed by atoms with Gasteiger partial charge in [-0.2, -0.15) is 0 Å². The van der Waals surface area contributed by atoms with Crippen LogP contribution in [0.4, 0.5) is 0 Å². The fraction of sp³-hybridized carbons (Fsp3) is 0.389. The normalized spacial score (nSPS) is 11.5. The fourth-order valence-electron chi connectivity index (χ4n) is 2.23. The van der Waals surface area contributed by atoms with Gasteiger partial charge in [0.15, 0.2) is 0 Å². The van der Waals surface area contributed by atoms with Crippen molar-refractivity contribution >= 4 is 0 Å². The molecule has 0 aliphatic heterocycles. The monoisotopic (exact) mass is 284 g/mol. The number of benzene rings is 1. The molecule has 1 aromatic carbocycles. The summed E-state index contributed by atoms with van der Waals surface area (Å²) in [4.78, 5) is 4.47. The van der Waals surface area contributed by atoms with E-state index in [1.165, 1.54) is 11.1 Å². The van der Waals surface area contributed by atoms with Gasteiger partial charge in [0.2, 0.25) is 0 Å². The standard InChI is InChI=1S/C18H24N2O/c1-13-8-9-17(16(10-13)18(2,3)4)21-12-15-7-5-6-14(11-19)20-15/h5-10H,11-12,19H2,1-4H3. The lowest BCUT2D eigenvalue weighted by molar-refractivity contribution is 0.292. The highest BCUT2D eigenvalue weighted by Gasteiger charge is 2.19. The average molecular weight is 284 g/mol. The topological polar surface area (TPSA) is 48.1 Å². The van der Waals surface area contributed by atoms with Crippen LogP contribution in [0.3, 0.4) is 0 Å². The third-order valence-corrected chi connectivity index (χ3v) is 3.39. The van der Waals surface area contributed by atoms with E-state index in [4.69, 9.17) is 10.5 Å². The van der Waals surface area contributed by atoms with Crippen LogP contribution in [0.5, 0.6) is 5.75 Å². The molecule has 2 aromatic rings. The van der Waals surface area contributed by atoms with Gasteiger partial charge in [-0.05, 0) is 36.1 Å². The lowest BCUT2D eigenvalue weighted by atomic mass is 9.85. The molecule has 0 unspecified atom stereocenters. The van der Waals surface area contributed by atoms with E-state index in [2.05, 4.69) is 44.8 Å². The Balaban J connectivity index is 2.20. The van der Waals surface area contributed by atoms with Gasteiger partial charge in [0, 0.05) is 6.54 Å². The molecule has 112 valence electrons. The van der Waals surface area contributed by atoms with E-state index in [1.54, 1.807) is 0 Å². The highest BCUT2D eigenvalue weighted by Crippen LogP contribution is 2.32. The number of aromatic nitrogens is 1. The summed E-state index contributed by atoms with van der Waals surface area (Å²) in [6, 6.07) is 12.2. The van der Waals surface area contributed by atoms with Gasteiger partial charge in [-0.25, -0.2) is 0 Å². The predicted octanol–water partition coefficient (Wildman–Crippen LogP) is 3.73. The van der Waals surface area contributed by atoms with Crippen LogP contribution in [0.2, 0.25) is 0 Å². The Morgan fingerprint density at radius 2 is 1.81 bits per heavy atom. The molecule has 0 saturated heterocycles. The van der Waals surface area contributed by atoms with Crippen LogP contribution in [0, 0.1) is 6.92 Å². The molecule has 2 rings (SSSR count). The highest BCUT2D eigenvalue weighted by molar-refractivity contribution is 5.41. The minimum Gasteiger partial charge on any atom is -0.487 e. The van der Waals surface area contributed by atoms with Crippen molar-refractivity contribution in [1.82, 2.24) is 4.98 Å². The highest BCUT2D eigenvalue weighted by atomic mass is 16.5. The molecule has 0 fully saturated rings. The summed E-state index contributed by atoms with van der Waals surface area (Å²) in [5.41, 5.74) is 9.92. The van der Waals surface area contributed by atoms with Crippen molar-refractivity contribution in [2.75, 3.05) is 0 Å². The number of hydrogen-bond acceptors (Lipinski definition) is 3. The van der Waals surface area contributed by atoms with Crippen LogP contribution in [0.1, 0.15) is 43.3 Å². The van der Waals surface area contributed by atoms with E-state index in [9.17, 15) is 0 Å². The first-order valence-electron chi connectivity index (χ1n) is 7.29. The van der Waals surface area contributed by atoms with Crippen LogP contribution < -0.4 is 10.5 Å². The van der Waals surface area contributed by atoms with Gasteiger partial charge in [-0.15, -0.1) is 0 Å². The van der Waals surface area contributed by atoms with Gasteiger partial charge >= 0.3 is 0 Å². The summed E-state index contributed by atoms with van der Waals surface area (Å²) in [5, 5.41) is 0. The second kappa shape index (κ2) is 6.27. The van der Waals surface area contributed by atoms with Gasteiger partial charge < -0.3 is 10.5 Å². The van der Waals surface area contributed by atoms with E-state index in [0.717, 1.165) is 17.1 Å². The lowest BCUT2D eigenvalue weighted by Gasteiger charge is -2.23. The minimum absolute atomic E-state index is 0.0495. The zero-order valence-corrected chi connectivity index (χ0v) is 13.3. The van der Waals surface area contributed by atoms with Crippen molar-refractivity contribution in [3.8, 4) is 5.75 Å². The van der Waals surface area contributed by atoms with Gasteiger partial charge in [0.25, 0.3) is 0 Å². The first-order valence-corrected chi connectivity index (χ1v) is 7.29. The molecule has 1 heterocycles. The van der Waals surface area contributed by atoms with E-state index in [-0.39, 0.29) is 5.41 Å². The molecule has 0 spiro atoms. The van der Waals surface area contributed by atoms with Gasteiger partial charge in [0.1, 0.15) is 12.4 Å². The Labute approximate surface area is 127 Å². The van der Waals surface area contributed by atoms with Crippen molar-refractivity contribution in [1.29, 1.82) is 0 Å². The Kier molecular flexibility index (Phi) is 4.63. The van der Waals surface area contributed by atoms with Crippen molar-refractivity contribution in [3.05, 3.63) is 58.9 Å². The third-order valence-electron chi connectivity index (χ3n) is 3.39. The maximum absolute atomic E-state index is 6.00. The first-order chi connectivity index (χ1) is 9.90. The third kappa shape index (κ3) is 4.05. The molecule has 1 aromatic heterocycles. The van der Waals surface area contributed by atoms with E-state index < -0.39 is 0 Å². The number of ether oxygens (including phenoxy) is 1. The fourth-order valence-corrected chi connectivity index (χ4v) is 2.23. The molecule has 21 heavy (non-hydrogen) atoms. The van der Waals surface area contributed by atoms with Crippen molar-refractivity contribution in [2.24, 2.45) is 5.73 Å². The molecule has 0 saturated carbocycles. The number of hydrogen-bond donors (Lipinski definition) is 1. The number of nitrogens with two attached hydrogens (primary N) is 1. The van der Waals surface area contributed by atoms with E-state index >= 15 is 0 Å². The Morgan fingerprint density at radius 1 is 1.10 bits per heavy atom. The SMILES string of the molecule is Cc1ccc(OCc2cccc(CN)n2)c(C(C)(C)C)c1. The zero-order chi connectivity index (χ0) is 15.5. The number of rotatable bonds is 4. The molecule has 0 amide bonds. The first kappa shape index (κ1) is 15.5. The summed E-state index contributed by atoms with van der Waals surface area (Å²) >= 11 is 0. The number of aryl methyl sites for hydroxylation is 1. The number of pyridine rings is 1. The minimum atomic E-state index is 0.0495. The molecular formula is C18H24N2O. The molecule has 0 aliphatic carbocycles. The van der Waals surface area contributed by atoms with Crippen molar-refractivity contribution in [3.63, 3.8) is 0 Å². The average Bonchev–Trinajstić information content (AvgIpc) is 2.45. The smallest absolute Gasteiger partial charge is 0.130 e. The molecule has 0 atom stereocenters. The predicted molar refractivity (Wildman–Crippen MR) is 86.3 cm³/mol. The Hall–Kier alpha value is -1.87. The van der Waals surface area contributed by atoms with Crippen LogP contribution in [-0.2, 0) is 18.6 Å². The second-order valence-corrected chi connectivity index (χ2v) is 6.36. The molecular weight excluding hydrogens is 260 g/mol. The molecule has 3 heteroatoms. The van der Waals surface area contributed by atoms with Crippen LogP contribution in [0.25, 0.3) is 0 Å². The second-order valence-electron chi connectivity index (χ2n) is 6.36. The number of nitrogens with zero attached hydrogens (tertiary/aromatic N) is 1. The Morgan fingerprint density at radius 3 is 2.48 bits per heavy atom. The molecule has 3 nitrogen and oxygen atoms in total. The summed E-state index contributed by atoms with van der Waals surface area (Å²) in [6.07, 6.45) is 0. The van der Waals surface area contributed by atoms with Crippen molar-refractivity contribution in [2.45, 2.75) is 46.3 Å². The van der Waals surface area contributed by atoms with Crippen molar-refractivity contribution < 1.29 is 4.74 Å². The quantitative estimate of drug-likeness (QED) is 0.930. The maximum atomic E-state index is 6.00. The van der Waals surface area contributed by atoms with Gasteiger partial charge in [-0.3, -0.25) is 4.98 Å². The lowest BCUT2D eigenvalue weighted by Crippen LogP contribution is -2.14. The van der Waals surface area contributed by atoms with Crippen LogP contribution in [0.15, 0.2) is 36.4 Å². The van der Waals surface area contributed by atoms with Gasteiger partial charge in [0.05, 0.1) is 11.4 Å². The largest absolute Gasteiger partial charge is 0.487 e. The summed E-state index contributed by atoms with van der Waals surface area (Å²) in [5.74, 6) is 0.924. The Bertz CT molecular complexity index is 615. The molecule has 0 aliphatic rings. The van der Waals surface area contributed by atoms with E-state index in [1.807, 2.05) is 24.3 Å². The summed E-state index contributed by atoms with van der Waals surface area (Å²) < 4.78 is 6.00. The van der Waals surface area contributed by atoms with Crippen LogP contribution >= 0.6 is 0 Å². The van der Waals surface area contributed by atoms with Crippen LogP contribution in [-0.4, -0.2) is 4.98 Å². The van der Waals surface area contributed by atoms with E-state index in [0.29, 0.717) is 13.2 Å².